The van der Waals surface area contributed by atoms with Gasteiger partial charge in [-0.2, -0.15) is 5.26 Å². The predicted molar refractivity (Wildman–Crippen MR) is 77.3 cm³/mol. The number of anilines is 1. The quantitative estimate of drug-likeness (QED) is 0.465. The van der Waals surface area contributed by atoms with Crippen molar-refractivity contribution in [2.45, 2.75) is 13.3 Å². The van der Waals surface area contributed by atoms with Crippen LogP contribution < -0.4 is 15.8 Å². The van der Waals surface area contributed by atoms with Gasteiger partial charge in [0.05, 0.1) is 23.7 Å². The molecule has 20 heavy (non-hydrogen) atoms. The molecule has 0 fully saturated rings. The van der Waals surface area contributed by atoms with E-state index in [1.54, 1.807) is 12.1 Å². The van der Waals surface area contributed by atoms with E-state index in [0.717, 1.165) is 0 Å². The molecule has 106 valence electrons. The van der Waals surface area contributed by atoms with Crippen molar-refractivity contribution in [1.29, 1.82) is 5.26 Å². The minimum absolute atomic E-state index is 0.191. The lowest BCUT2D eigenvalue weighted by Gasteiger charge is -2.12. The Balaban J connectivity index is 2.75. The second kappa shape index (κ2) is 7.50. The molecule has 6 nitrogen and oxygen atoms in total. The van der Waals surface area contributed by atoms with Crippen LogP contribution in [-0.2, 0) is 4.79 Å². The molecular weight excluding hydrogens is 326 g/mol. The molecule has 1 amide bonds. The SMILES string of the molecule is CC(=O)c1cc(Br)cc(N)c1OCC(=O)NCCC#N. The average molecular weight is 340 g/mol. The summed E-state index contributed by atoms with van der Waals surface area (Å²) in [6, 6.07) is 5.09. The zero-order valence-electron chi connectivity index (χ0n) is 10.9. The maximum atomic E-state index is 11.5. The highest BCUT2D eigenvalue weighted by Crippen LogP contribution is 2.31. The largest absolute Gasteiger partial charge is 0.481 e. The summed E-state index contributed by atoms with van der Waals surface area (Å²) in [6.45, 7) is 1.38. The van der Waals surface area contributed by atoms with Crippen molar-refractivity contribution in [2.75, 3.05) is 18.9 Å². The highest BCUT2D eigenvalue weighted by Gasteiger charge is 2.14. The van der Waals surface area contributed by atoms with Gasteiger partial charge in [-0.1, -0.05) is 15.9 Å². The number of amides is 1. The number of hydrogen-bond acceptors (Lipinski definition) is 5. The van der Waals surface area contributed by atoms with E-state index in [9.17, 15) is 9.59 Å². The summed E-state index contributed by atoms with van der Waals surface area (Å²) in [6.07, 6.45) is 0.227. The fourth-order valence-electron chi connectivity index (χ4n) is 1.48. The van der Waals surface area contributed by atoms with Crippen LogP contribution in [-0.4, -0.2) is 24.8 Å². The second-order valence-electron chi connectivity index (χ2n) is 3.97. The lowest BCUT2D eigenvalue weighted by atomic mass is 10.1. The van der Waals surface area contributed by atoms with Gasteiger partial charge in [0.15, 0.2) is 18.1 Å². The molecule has 7 heteroatoms. The number of nitrogens with one attached hydrogen (secondary N) is 1. The van der Waals surface area contributed by atoms with Crippen molar-refractivity contribution in [3.8, 4) is 11.8 Å². The van der Waals surface area contributed by atoms with Crippen LogP contribution in [0.2, 0.25) is 0 Å². The minimum atomic E-state index is -0.378. The number of hydrogen-bond donors (Lipinski definition) is 2. The first-order chi connectivity index (χ1) is 9.45. The van der Waals surface area contributed by atoms with E-state index in [4.69, 9.17) is 15.7 Å². The van der Waals surface area contributed by atoms with E-state index < -0.39 is 0 Å². The molecule has 3 N–H and O–H groups in total. The topological polar surface area (TPSA) is 105 Å². The van der Waals surface area contributed by atoms with Crippen molar-refractivity contribution in [2.24, 2.45) is 0 Å². The van der Waals surface area contributed by atoms with Crippen molar-refractivity contribution in [1.82, 2.24) is 5.32 Å². The van der Waals surface area contributed by atoms with Gasteiger partial charge < -0.3 is 15.8 Å². The summed E-state index contributed by atoms with van der Waals surface area (Å²) >= 11 is 3.24. The number of nitrogens with two attached hydrogens (primary N) is 1. The van der Waals surface area contributed by atoms with E-state index in [1.807, 2.05) is 6.07 Å². The van der Waals surface area contributed by atoms with Gasteiger partial charge in [-0.15, -0.1) is 0 Å². The molecule has 0 aromatic heterocycles. The number of Topliss-reactive ketones (excluding diaryl/α,β-unsaturated/α-hetero) is 1. The number of carbonyl (C=O) groups is 2. The van der Waals surface area contributed by atoms with Gasteiger partial charge in [-0.25, -0.2) is 0 Å². The lowest BCUT2D eigenvalue weighted by molar-refractivity contribution is -0.123. The molecule has 1 rings (SSSR count). The van der Waals surface area contributed by atoms with Crippen LogP contribution in [0.15, 0.2) is 16.6 Å². The number of nitrogen functional groups attached to an aromatic ring is 1. The molecule has 0 saturated heterocycles. The lowest BCUT2D eigenvalue weighted by Crippen LogP contribution is -2.29. The Kier molecular flexibility index (Phi) is 6.00. The van der Waals surface area contributed by atoms with Crippen molar-refractivity contribution in [3.05, 3.63) is 22.2 Å². The first-order valence-corrected chi connectivity index (χ1v) is 6.61. The normalized spacial score (nSPS) is 9.65. The molecule has 0 aliphatic carbocycles. The maximum Gasteiger partial charge on any atom is 0.257 e. The number of carbonyl (C=O) groups excluding carboxylic acids is 2. The molecular formula is C13H14BrN3O3. The summed E-state index contributed by atoms with van der Waals surface area (Å²) in [5.41, 5.74) is 6.37. The Morgan fingerprint density at radius 2 is 2.20 bits per heavy atom. The third-order valence-electron chi connectivity index (χ3n) is 2.37. The van der Waals surface area contributed by atoms with Crippen LogP contribution >= 0.6 is 15.9 Å². The Morgan fingerprint density at radius 3 is 2.80 bits per heavy atom. The summed E-state index contributed by atoms with van der Waals surface area (Å²) in [7, 11) is 0. The fourth-order valence-corrected chi connectivity index (χ4v) is 1.96. The molecule has 1 aromatic rings. The fraction of sp³-hybridized carbons (Fsp3) is 0.308. The smallest absolute Gasteiger partial charge is 0.257 e. The Hall–Kier alpha value is -2.07. The van der Waals surface area contributed by atoms with Gasteiger partial charge in [0.1, 0.15) is 0 Å². The summed E-state index contributed by atoms with van der Waals surface area (Å²) in [5.74, 6) is -0.397. The van der Waals surface area contributed by atoms with Crippen LogP contribution in [0.25, 0.3) is 0 Å². The van der Waals surface area contributed by atoms with Gasteiger partial charge >= 0.3 is 0 Å². The molecule has 0 aliphatic heterocycles. The molecule has 0 heterocycles. The van der Waals surface area contributed by atoms with E-state index in [2.05, 4.69) is 21.2 Å². The highest BCUT2D eigenvalue weighted by atomic mass is 79.9. The number of nitrogens with zero attached hydrogens (tertiary/aromatic N) is 1. The van der Waals surface area contributed by atoms with E-state index in [1.165, 1.54) is 6.92 Å². The Morgan fingerprint density at radius 1 is 1.50 bits per heavy atom. The van der Waals surface area contributed by atoms with Gasteiger partial charge in [0, 0.05) is 11.0 Å². The summed E-state index contributed by atoms with van der Waals surface area (Å²) < 4.78 is 5.97. The second-order valence-corrected chi connectivity index (χ2v) is 4.89. The molecule has 0 atom stereocenters. The van der Waals surface area contributed by atoms with Crippen LogP contribution in [0, 0.1) is 11.3 Å². The van der Waals surface area contributed by atoms with E-state index in [0.29, 0.717) is 10.0 Å². The van der Waals surface area contributed by atoms with Gasteiger partial charge in [0.25, 0.3) is 5.91 Å². The minimum Gasteiger partial charge on any atom is -0.481 e. The molecule has 1 aromatic carbocycles. The zero-order valence-corrected chi connectivity index (χ0v) is 12.5. The monoisotopic (exact) mass is 339 g/mol. The van der Waals surface area contributed by atoms with Crippen LogP contribution in [0.1, 0.15) is 23.7 Å². The number of rotatable bonds is 6. The molecule has 0 spiro atoms. The number of ketones is 1. The number of halogens is 1. The third kappa shape index (κ3) is 4.55. The molecule has 0 radical (unpaired) electrons. The Bertz CT molecular complexity index is 567. The van der Waals surface area contributed by atoms with Gasteiger partial charge in [0.2, 0.25) is 0 Å². The summed E-state index contributed by atoms with van der Waals surface area (Å²) in [4.78, 5) is 23.0. The molecule has 0 bridgehead atoms. The van der Waals surface area contributed by atoms with Gasteiger partial charge in [-0.3, -0.25) is 9.59 Å². The third-order valence-corrected chi connectivity index (χ3v) is 2.83. The van der Waals surface area contributed by atoms with Crippen LogP contribution in [0.5, 0.6) is 5.75 Å². The zero-order chi connectivity index (χ0) is 15.1. The van der Waals surface area contributed by atoms with Crippen molar-refractivity contribution in [3.63, 3.8) is 0 Å². The molecule has 0 aliphatic rings. The predicted octanol–water partition coefficient (Wildman–Crippen LogP) is 1.64. The number of benzene rings is 1. The van der Waals surface area contributed by atoms with Crippen LogP contribution in [0.4, 0.5) is 5.69 Å². The number of nitriles is 1. The van der Waals surface area contributed by atoms with Crippen molar-refractivity contribution >= 4 is 33.3 Å². The van der Waals surface area contributed by atoms with Crippen molar-refractivity contribution < 1.29 is 14.3 Å². The van der Waals surface area contributed by atoms with Crippen LogP contribution in [0.3, 0.4) is 0 Å². The van der Waals surface area contributed by atoms with E-state index in [-0.39, 0.29) is 42.7 Å². The molecule has 0 unspecified atom stereocenters. The van der Waals surface area contributed by atoms with Gasteiger partial charge in [-0.05, 0) is 19.1 Å². The number of ether oxygens (including phenoxy) is 1. The molecule has 0 saturated carbocycles. The Labute approximate surface area is 125 Å². The summed E-state index contributed by atoms with van der Waals surface area (Å²) in [5, 5.41) is 10.9. The first-order valence-electron chi connectivity index (χ1n) is 5.82. The maximum absolute atomic E-state index is 11.5. The average Bonchev–Trinajstić information content (AvgIpc) is 2.37. The van der Waals surface area contributed by atoms with E-state index >= 15 is 0 Å². The highest BCUT2D eigenvalue weighted by molar-refractivity contribution is 9.10. The first kappa shape index (κ1) is 16.0. The standard InChI is InChI=1S/C13H14BrN3O3/c1-8(18)10-5-9(14)6-11(16)13(10)20-7-12(19)17-4-2-3-15/h5-6H,2,4,7,16H2,1H3,(H,17,19).